The maximum atomic E-state index is 13.6. The zero-order valence-corrected chi connectivity index (χ0v) is 24.9. The van der Waals surface area contributed by atoms with Crippen molar-refractivity contribution in [2.75, 3.05) is 33.4 Å². The Kier molecular flexibility index (Phi) is 10.4. The first-order valence-electron chi connectivity index (χ1n) is 14.8. The summed E-state index contributed by atoms with van der Waals surface area (Å²) in [7, 11) is 1.66. The Bertz CT molecular complexity index is 1150. The van der Waals surface area contributed by atoms with Gasteiger partial charge in [-0.15, -0.1) is 0 Å². The van der Waals surface area contributed by atoms with Crippen LogP contribution >= 0.6 is 0 Å². The third-order valence-electron chi connectivity index (χ3n) is 8.27. The van der Waals surface area contributed by atoms with E-state index in [4.69, 9.17) is 9.47 Å². The second-order valence-electron chi connectivity index (χ2n) is 11.7. The van der Waals surface area contributed by atoms with Crippen LogP contribution in [0.2, 0.25) is 0 Å². The predicted octanol–water partition coefficient (Wildman–Crippen LogP) is 0.380. The molecule has 2 fully saturated rings. The van der Waals surface area contributed by atoms with Crippen LogP contribution in [0.4, 0.5) is 0 Å². The average molecular weight is 586 g/mol. The van der Waals surface area contributed by atoms with Crippen molar-refractivity contribution in [2.24, 2.45) is 5.92 Å². The lowest BCUT2D eigenvalue weighted by Gasteiger charge is -2.34. The van der Waals surface area contributed by atoms with E-state index in [2.05, 4.69) is 16.0 Å². The van der Waals surface area contributed by atoms with Gasteiger partial charge in [0.2, 0.25) is 23.6 Å². The Morgan fingerprint density at radius 2 is 1.64 bits per heavy atom. The van der Waals surface area contributed by atoms with E-state index in [1.807, 2.05) is 13.8 Å². The van der Waals surface area contributed by atoms with E-state index in [0.29, 0.717) is 51.1 Å². The second-order valence-corrected chi connectivity index (χ2v) is 11.7. The van der Waals surface area contributed by atoms with Crippen molar-refractivity contribution in [3.63, 3.8) is 0 Å². The van der Waals surface area contributed by atoms with Gasteiger partial charge < -0.3 is 35.2 Å². The summed E-state index contributed by atoms with van der Waals surface area (Å²) in [6.45, 7) is 6.34. The second kappa shape index (κ2) is 14.0. The molecule has 12 nitrogen and oxygen atoms in total. The van der Waals surface area contributed by atoms with Crippen LogP contribution < -0.4 is 20.7 Å². The molecule has 0 aliphatic carbocycles. The Balaban J connectivity index is 1.58. The van der Waals surface area contributed by atoms with E-state index in [-0.39, 0.29) is 36.9 Å². The fourth-order valence-electron chi connectivity index (χ4n) is 5.72. The highest BCUT2D eigenvalue weighted by molar-refractivity contribution is 5.96. The predicted molar refractivity (Wildman–Crippen MR) is 153 cm³/mol. The molecule has 4 atom stereocenters. The smallest absolute Gasteiger partial charge is 0.258 e. The highest BCUT2D eigenvalue weighted by atomic mass is 16.5. The summed E-state index contributed by atoms with van der Waals surface area (Å²) in [6.07, 6.45) is 2.82. The molecule has 12 heteroatoms. The van der Waals surface area contributed by atoms with Gasteiger partial charge in [-0.1, -0.05) is 26.0 Å². The lowest BCUT2D eigenvalue weighted by Crippen LogP contribution is -2.58. The first kappa shape index (κ1) is 31.3. The quantitative estimate of drug-likeness (QED) is 0.465. The Morgan fingerprint density at radius 3 is 2.29 bits per heavy atom. The fraction of sp³-hybridized carbons (Fsp3) is 0.633. The number of fused-ring (bicyclic) bond motifs is 13. The van der Waals surface area contributed by atoms with Gasteiger partial charge in [0.1, 0.15) is 29.9 Å². The maximum Gasteiger partial charge on any atom is 0.258 e. The molecule has 0 unspecified atom stereocenters. The van der Waals surface area contributed by atoms with Gasteiger partial charge in [-0.3, -0.25) is 24.0 Å². The molecule has 4 aliphatic heterocycles. The van der Waals surface area contributed by atoms with Crippen molar-refractivity contribution < 1.29 is 33.4 Å². The molecule has 0 radical (unpaired) electrons. The van der Waals surface area contributed by atoms with Crippen molar-refractivity contribution in [1.29, 1.82) is 0 Å². The van der Waals surface area contributed by atoms with Gasteiger partial charge in [0.25, 0.3) is 5.91 Å². The first-order valence-corrected chi connectivity index (χ1v) is 14.8. The minimum absolute atomic E-state index is 0.0980. The van der Waals surface area contributed by atoms with Gasteiger partial charge in [0, 0.05) is 33.2 Å². The summed E-state index contributed by atoms with van der Waals surface area (Å²) in [5.74, 6) is -1.71. The summed E-state index contributed by atoms with van der Waals surface area (Å²) in [6, 6.07) is 3.57. The van der Waals surface area contributed by atoms with Crippen LogP contribution in [0.25, 0.3) is 0 Å². The number of amides is 5. The number of nitrogens with one attached hydrogen (secondary N) is 3. The van der Waals surface area contributed by atoms with E-state index in [9.17, 15) is 24.0 Å². The Morgan fingerprint density at radius 1 is 0.952 bits per heavy atom. The van der Waals surface area contributed by atoms with E-state index < -0.39 is 41.9 Å². The molecule has 1 aromatic rings. The lowest BCUT2D eigenvalue weighted by molar-refractivity contribution is -0.143. The SMILES string of the molecule is COC1CCN(C(=O)[C@@H]2Cc3ccc(cc3)OCC(=O)N[C@@H](C(C)C)C(=O)N3CCC[C@@H]3C(=O)N[C@@H](C)C(=O)N2)CC1. The molecular formula is C30H43N5O7. The molecule has 0 saturated carbocycles. The highest BCUT2D eigenvalue weighted by Crippen LogP contribution is 2.22. The Labute approximate surface area is 246 Å². The Hall–Kier alpha value is -3.67. The molecule has 4 heterocycles. The first-order chi connectivity index (χ1) is 20.1. The monoisotopic (exact) mass is 585 g/mol. The fourth-order valence-corrected chi connectivity index (χ4v) is 5.72. The number of ether oxygens (including phenoxy) is 2. The molecule has 42 heavy (non-hydrogen) atoms. The molecule has 2 saturated heterocycles. The molecule has 3 N–H and O–H groups in total. The number of likely N-dealkylation sites (tertiary alicyclic amines) is 1. The van der Waals surface area contributed by atoms with Gasteiger partial charge in [0.05, 0.1) is 6.10 Å². The number of benzene rings is 1. The molecule has 5 amide bonds. The van der Waals surface area contributed by atoms with Gasteiger partial charge in [-0.05, 0) is 56.2 Å². The van der Waals surface area contributed by atoms with E-state index in [1.54, 1.807) is 43.2 Å². The molecule has 2 bridgehead atoms. The summed E-state index contributed by atoms with van der Waals surface area (Å²) in [5.41, 5.74) is 0.791. The number of piperidine rings is 1. The number of carbonyl (C=O) groups excluding carboxylic acids is 5. The zero-order chi connectivity index (χ0) is 30.4. The van der Waals surface area contributed by atoms with Crippen LogP contribution in [0.5, 0.6) is 5.75 Å². The average Bonchev–Trinajstić information content (AvgIpc) is 3.48. The number of carbonyl (C=O) groups is 5. The van der Waals surface area contributed by atoms with Crippen LogP contribution in [-0.2, 0) is 35.1 Å². The van der Waals surface area contributed by atoms with Gasteiger partial charge in [-0.2, -0.15) is 0 Å². The number of rotatable bonds is 3. The van der Waals surface area contributed by atoms with Crippen molar-refractivity contribution in [1.82, 2.24) is 25.8 Å². The molecule has 1 aromatic carbocycles. The number of hydrogen-bond donors (Lipinski definition) is 3. The number of methoxy groups -OCH3 is 1. The van der Waals surface area contributed by atoms with Crippen molar-refractivity contribution in [3.8, 4) is 5.75 Å². The van der Waals surface area contributed by atoms with Crippen LogP contribution in [-0.4, -0.2) is 103 Å². The van der Waals surface area contributed by atoms with Gasteiger partial charge >= 0.3 is 0 Å². The molecular weight excluding hydrogens is 542 g/mol. The lowest BCUT2D eigenvalue weighted by atomic mass is 10.0. The van der Waals surface area contributed by atoms with Gasteiger partial charge in [0.15, 0.2) is 6.61 Å². The van der Waals surface area contributed by atoms with Crippen molar-refractivity contribution in [3.05, 3.63) is 29.8 Å². The third kappa shape index (κ3) is 7.58. The zero-order valence-electron chi connectivity index (χ0n) is 24.9. The standard InChI is InChI=1S/C30H43N5O7/c1-18(2)26-30(40)35-13-5-6-24(35)28(38)31-19(3)27(37)32-23(29(39)34-14-11-21(41-4)12-15-34)16-20-7-9-22(10-8-20)42-17-25(36)33-26/h7-10,18-19,21,23-24,26H,5-6,11-17H2,1-4H3,(H,31,38)(H,32,37)(H,33,36)/t19-,23-,24+,26-/m0/s1. The number of hydrogen-bond acceptors (Lipinski definition) is 7. The van der Waals surface area contributed by atoms with Crippen LogP contribution in [0, 0.1) is 5.92 Å². The number of nitrogens with zero attached hydrogens (tertiary/aromatic N) is 2. The topological polar surface area (TPSA) is 146 Å². The van der Waals surface area contributed by atoms with E-state index >= 15 is 0 Å². The van der Waals surface area contributed by atoms with Crippen LogP contribution in [0.3, 0.4) is 0 Å². The minimum atomic E-state index is -0.942. The van der Waals surface area contributed by atoms with E-state index in [0.717, 1.165) is 5.56 Å². The van der Waals surface area contributed by atoms with Crippen molar-refractivity contribution >= 4 is 29.5 Å². The molecule has 0 aromatic heterocycles. The summed E-state index contributed by atoms with van der Waals surface area (Å²) < 4.78 is 11.1. The normalized spacial score (nSPS) is 26.9. The van der Waals surface area contributed by atoms with Gasteiger partial charge in [-0.25, -0.2) is 0 Å². The summed E-state index contributed by atoms with van der Waals surface area (Å²) in [4.78, 5) is 69.7. The summed E-state index contributed by atoms with van der Waals surface area (Å²) >= 11 is 0. The summed E-state index contributed by atoms with van der Waals surface area (Å²) in [5, 5.41) is 8.38. The molecule has 0 spiro atoms. The minimum Gasteiger partial charge on any atom is -0.484 e. The third-order valence-corrected chi connectivity index (χ3v) is 8.27. The highest BCUT2D eigenvalue weighted by Gasteiger charge is 2.40. The molecule has 5 rings (SSSR count). The van der Waals surface area contributed by atoms with Crippen molar-refractivity contribution in [2.45, 2.75) is 83.1 Å². The van der Waals surface area contributed by atoms with Crippen LogP contribution in [0.15, 0.2) is 24.3 Å². The largest absolute Gasteiger partial charge is 0.484 e. The molecule has 230 valence electrons. The maximum absolute atomic E-state index is 13.6. The van der Waals surface area contributed by atoms with E-state index in [1.165, 1.54) is 4.90 Å². The van der Waals surface area contributed by atoms with Crippen LogP contribution in [0.1, 0.15) is 52.0 Å². The molecule has 4 aliphatic rings.